The van der Waals surface area contributed by atoms with Gasteiger partial charge in [-0.05, 0) is 69.1 Å². The average Bonchev–Trinajstić information content (AvgIpc) is 3.13. The van der Waals surface area contributed by atoms with Crippen molar-refractivity contribution in [2.75, 3.05) is 64.6 Å². The fourth-order valence-electron chi connectivity index (χ4n) is 5.17. The molecule has 0 N–H and O–H groups in total. The van der Waals surface area contributed by atoms with Crippen molar-refractivity contribution in [2.24, 2.45) is 5.92 Å². The van der Waals surface area contributed by atoms with Crippen LogP contribution in [0.25, 0.3) is 0 Å². The zero-order valence-corrected chi connectivity index (χ0v) is 23.4. The lowest BCUT2D eigenvalue weighted by atomic mass is 9.92. The van der Waals surface area contributed by atoms with Crippen LogP contribution < -0.4 is 9.64 Å². The summed E-state index contributed by atoms with van der Waals surface area (Å²) in [6, 6.07) is 8.45. The molecule has 0 radical (unpaired) electrons. The first-order chi connectivity index (χ1) is 18.1. The zero-order valence-electron chi connectivity index (χ0n) is 22.6. The minimum atomic E-state index is -3.48. The molecule has 1 aromatic carbocycles. The van der Waals surface area contributed by atoms with E-state index < -0.39 is 9.84 Å². The summed E-state index contributed by atoms with van der Waals surface area (Å²) in [5, 5.41) is 0. The quantitative estimate of drug-likeness (QED) is 0.470. The molecule has 0 aliphatic carbocycles. The van der Waals surface area contributed by atoms with E-state index in [1.54, 1.807) is 37.4 Å². The van der Waals surface area contributed by atoms with Gasteiger partial charge in [0.05, 0.1) is 12.0 Å². The van der Waals surface area contributed by atoms with Gasteiger partial charge < -0.3 is 19.4 Å². The monoisotopic (exact) mass is 542 g/mol. The maximum absolute atomic E-state index is 13.1. The van der Waals surface area contributed by atoms with Crippen LogP contribution in [0, 0.1) is 5.92 Å². The molecule has 0 bridgehead atoms. The van der Waals surface area contributed by atoms with E-state index in [0.717, 1.165) is 51.7 Å². The summed E-state index contributed by atoms with van der Waals surface area (Å²) in [6.07, 6.45) is 5.82. The number of methoxy groups -OCH3 is 1. The Balaban J connectivity index is 1.44. The summed E-state index contributed by atoms with van der Waals surface area (Å²) in [5.74, 6) is 1.72. The largest absolute Gasteiger partial charge is 0.497 e. The van der Waals surface area contributed by atoms with E-state index in [9.17, 15) is 18.0 Å². The predicted octanol–water partition coefficient (Wildman–Crippen LogP) is 2.69. The van der Waals surface area contributed by atoms with Gasteiger partial charge in [-0.2, -0.15) is 0 Å². The van der Waals surface area contributed by atoms with Gasteiger partial charge in [0.15, 0.2) is 15.6 Å². The molecule has 2 saturated heterocycles. The normalized spacial score (nSPS) is 17.8. The van der Waals surface area contributed by atoms with Crippen molar-refractivity contribution in [1.29, 1.82) is 0 Å². The second-order valence-corrected chi connectivity index (χ2v) is 12.4. The Bertz CT molecular complexity index is 1240. The lowest BCUT2D eigenvalue weighted by Crippen LogP contribution is -2.39. The molecule has 0 atom stereocenters. The van der Waals surface area contributed by atoms with Crippen molar-refractivity contribution >= 4 is 27.3 Å². The van der Waals surface area contributed by atoms with E-state index in [-0.39, 0.29) is 23.0 Å². The number of sulfone groups is 1. The minimum Gasteiger partial charge on any atom is -0.497 e. The molecule has 0 spiro atoms. The van der Waals surface area contributed by atoms with Gasteiger partial charge in [-0.3, -0.25) is 9.59 Å². The third-order valence-electron chi connectivity index (χ3n) is 7.56. The van der Waals surface area contributed by atoms with Crippen LogP contribution in [-0.2, 0) is 21.1 Å². The number of nitrogens with zero attached hydrogens (tertiary/aromatic N) is 4. The summed E-state index contributed by atoms with van der Waals surface area (Å²) in [7, 11) is 0.189. The first-order valence-electron chi connectivity index (χ1n) is 13.2. The van der Waals surface area contributed by atoms with Gasteiger partial charge >= 0.3 is 0 Å². The molecule has 2 aromatic rings. The standard InChI is InChI=1S/C28H38N4O5S/c1-30-11-4-12-31(16-15-30)27(34)17-21-9-13-32(14-10-21)28-23(18-25(20-29-28)38(3,35)36)19-26(33)22-5-7-24(37-2)8-6-22/h5-8,18,20-21H,4,9-17,19H2,1-3H3. The number of carbonyl (C=O) groups excluding carboxylic acids is 2. The summed E-state index contributed by atoms with van der Waals surface area (Å²) in [5.41, 5.74) is 1.12. The van der Waals surface area contributed by atoms with E-state index in [1.807, 2.05) is 4.90 Å². The number of aromatic nitrogens is 1. The third kappa shape index (κ3) is 7.11. The van der Waals surface area contributed by atoms with Crippen LogP contribution in [-0.4, -0.2) is 94.6 Å². The van der Waals surface area contributed by atoms with E-state index in [4.69, 9.17) is 4.74 Å². The maximum atomic E-state index is 13.1. The molecule has 1 aromatic heterocycles. The Hall–Kier alpha value is -2.98. The van der Waals surface area contributed by atoms with Crippen LogP contribution in [0.5, 0.6) is 5.75 Å². The molecule has 4 rings (SSSR count). The van der Waals surface area contributed by atoms with Gasteiger partial charge in [0, 0.05) is 69.1 Å². The molecule has 0 unspecified atom stereocenters. The molecule has 2 aliphatic rings. The molecule has 2 fully saturated rings. The molecule has 9 nitrogen and oxygen atoms in total. The van der Waals surface area contributed by atoms with Crippen LogP contribution in [0.2, 0.25) is 0 Å². The smallest absolute Gasteiger partial charge is 0.222 e. The van der Waals surface area contributed by atoms with Gasteiger partial charge in [-0.15, -0.1) is 0 Å². The first kappa shape index (κ1) is 28.0. The van der Waals surface area contributed by atoms with Crippen LogP contribution >= 0.6 is 0 Å². The molecule has 10 heteroatoms. The van der Waals surface area contributed by atoms with Crippen molar-refractivity contribution in [3.05, 3.63) is 47.7 Å². The fraction of sp³-hybridized carbons (Fsp3) is 0.536. The number of likely N-dealkylation sites (N-methyl/N-ethyl adjacent to an activating group) is 1. The lowest BCUT2D eigenvalue weighted by molar-refractivity contribution is -0.132. The Labute approximate surface area is 225 Å². The highest BCUT2D eigenvalue weighted by molar-refractivity contribution is 7.90. The first-order valence-corrected chi connectivity index (χ1v) is 15.1. The van der Waals surface area contributed by atoms with E-state index in [2.05, 4.69) is 21.8 Å². The Morgan fingerprint density at radius 2 is 1.74 bits per heavy atom. The van der Waals surface area contributed by atoms with Gasteiger partial charge in [0.1, 0.15) is 11.6 Å². The van der Waals surface area contributed by atoms with Gasteiger partial charge in [-0.25, -0.2) is 13.4 Å². The number of rotatable bonds is 8. The number of Topliss-reactive ketones (excluding diaryl/α,β-unsaturated/α-hetero) is 1. The number of ketones is 1. The molecule has 3 heterocycles. The summed E-state index contributed by atoms with van der Waals surface area (Å²) in [6.45, 7) is 4.96. The van der Waals surface area contributed by atoms with Crippen molar-refractivity contribution in [1.82, 2.24) is 14.8 Å². The number of pyridine rings is 1. The predicted molar refractivity (Wildman–Crippen MR) is 147 cm³/mol. The fourth-order valence-corrected chi connectivity index (χ4v) is 5.77. The number of ether oxygens (including phenoxy) is 1. The highest BCUT2D eigenvalue weighted by Gasteiger charge is 2.27. The van der Waals surface area contributed by atoms with E-state index in [0.29, 0.717) is 48.1 Å². The maximum Gasteiger partial charge on any atom is 0.222 e. The summed E-state index contributed by atoms with van der Waals surface area (Å²) < 4.78 is 29.6. The SMILES string of the molecule is COc1ccc(C(=O)Cc2cc(S(C)(=O)=O)cnc2N2CCC(CC(=O)N3CCCN(C)CC3)CC2)cc1. The highest BCUT2D eigenvalue weighted by Crippen LogP contribution is 2.29. The summed E-state index contributed by atoms with van der Waals surface area (Å²) >= 11 is 0. The van der Waals surface area contributed by atoms with Crippen LogP contribution in [0.15, 0.2) is 41.4 Å². The molecular formula is C28H38N4O5S. The second-order valence-electron chi connectivity index (χ2n) is 10.4. The van der Waals surface area contributed by atoms with Gasteiger partial charge in [-0.1, -0.05) is 0 Å². The van der Waals surface area contributed by atoms with Crippen molar-refractivity contribution in [2.45, 2.75) is 37.0 Å². The zero-order chi connectivity index (χ0) is 27.3. The lowest BCUT2D eigenvalue weighted by Gasteiger charge is -2.34. The number of hydrogen-bond acceptors (Lipinski definition) is 8. The minimum absolute atomic E-state index is 0.0415. The Morgan fingerprint density at radius 3 is 2.39 bits per heavy atom. The topological polar surface area (TPSA) is 100 Å². The van der Waals surface area contributed by atoms with Crippen LogP contribution in [0.4, 0.5) is 5.82 Å². The number of piperidine rings is 1. The van der Waals surface area contributed by atoms with Gasteiger partial charge in [0.25, 0.3) is 0 Å². The molecule has 206 valence electrons. The van der Waals surface area contributed by atoms with Crippen LogP contribution in [0.3, 0.4) is 0 Å². The van der Waals surface area contributed by atoms with Crippen molar-refractivity contribution in [3.63, 3.8) is 0 Å². The number of benzene rings is 1. The van der Waals surface area contributed by atoms with Crippen molar-refractivity contribution < 1.29 is 22.7 Å². The molecule has 1 amide bonds. The number of carbonyl (C=O) groups is 2. The van der Waals surface area contributed by atoms with Gasteiger partial charge in [0.2, 0.25) is 5.91 Å². The van der Waals surface area contributed by atoms with E-state index >= 15 is 0 Å². The van der Waals surface area contributed by atoms with E-state index in [1.165, 1.54) is 6.20 Å². The number of anilines is 1. The van der Waals surface area contributed by atoms with Crippen molar-refractivity contribution in [3.8, 4) is 5.75 Å². The Morgan fingerprint density at radius 1 is 1.03 bits per heavy atom. The van der Waals surface area contributed by atoms with Crippen LogP contribution in [0.1, 0.15) is 41.6 Å². The molecule has 2 aliphatic heterocycles. The third-order valence-corrected chi connectivity index (χ3v) is 8.64. The number of hydrogen-bond donors (Lipinski definition) is 0. The molecule has 0 saturated carbocycles. The molecular weight excluding hydrogens is 504 g/mol. The average molecular weight is 543 g/mol. The highest BCUT2D eigenvalue weighted by atomic mass is 32.2. The number of amides is 1. The Kier molecular flexibility index (Phi) is 9.04. The summed E-state index contributed by atoms with van der Waals surface area (Å²) in [4.78, 5) is 37.0. The molecule has 38 heavy (non-hydrogen) atoms. The second kappa shape index (κ2) is 12.3.